The molecule has 0 aliphatic carbocycles. The molecule has 0 atom stereocenters. The molecule has 0 saturated heterocycles. The number of nitrogens with one attached hydrogen (secondary N) is 1. The van der Waals surface area contributed by atoms with E-state index in [1.807, 2.05) is 6.20 Å². The molecule has 0 fully saturated rings. The third kappa shape index (κ3) is 2.87. The van der Waals surface area contributed by atoms with Crippen molar-refractivity contribution in [2.45, 2.75) is 39.5 Å². The van der Waals surface area contributed by atoms with Crippen LogP contribution in [0.15, 0.2) is 6.20 Å². The first-order chi connectivity index (χ1) is 8.78. The van der Waals surface area contributed by atoms with Gasteiger partial charge >= 0.3 is 0 Å². The fraction of sp³-hybridized carbons (Fsp3) is 0.583. The van der Waals surface area contributed by atoms with E-state index in [0.717, 1.165) is 34.4 Å². The van der Waals surface area contributed by atoms with Crippen molar-refractivity contribution in [2.75, 3.05) is 11.9 Å². The third-order valence-corrected chi connectivity index (χ3v) is 5.03. The summed E-state index contributed by atoms with van der Waals surface area (Å²) in [6, 6.07) is 0. The lowest BCUT2D eigenvalue weighted by molar-refractivity contribution is 0.637. The summed E-state index contributed by atoms with van der Waals surface area (Å²) in [6.07, 6.45) is 4.21. The minimum atomic E-state index is 0.574. The molecule has 0 amide bonds. The van der Waals surface area contributed by atoms with Crippen molar-refractivity contribution in [3.05, 3.63) is 11.2 Å². The molecular weight excluding hydrogens is 264 g/mol. The molecule has 2 aromatic rings. The van der Waals surface area contributed by atoms with E-state index >= 15 is 0 Å². The summed E-state index contributed by atoms with van der Waals surface area (Å²) in [4.78, 5) is 5.65. The maximum Gasteiger partial charge on any atom is 0.206 e. The van der Waals surface area contributed by atoms with E-state index in [0.29, 0.717) is 5.92 Å². The van der Waals surface area contributed by atoms with Gasteiger partial charge in [0.15, 0.2) is 5.01 Å². The Balaban J connectivity index is 2.17. The van der Waals surface area contributed by atoms with E-state index < -0.39 is 0 Å². The SMILES string of the molecule is CCNc1nnc(-c2cnc(C(CC)CC)s2)s1. The molecule has 2 heterocycles. The molecule has 0 spiro atoms. The quantitative estimate of drug-likeness (QED) is 0.870. The second kappa shape index (κ2) is 6.24. The van der Waals surface area contributed by atoms with Crippen molar-refractivity contribution in [3.8, 4) is 9.88 Å². The number of aromatic nitrogens is 3. The molecule has 1 N–H and O–H groups in total. The molecule has 0 aliphatic rings. The molecule has 18 heavy (non-hydrogen) atoms. The van der Waals surface area contributed by atoms with E-state index in [-0.39, 0.29) is 0 Å². The molecule has 6 heteroatoms. The normalized spacial score (nSPS) is 11.1. The van der Waals surface area contributed by atoms with Gasteiger partial charge in [-0.15, -0.1) is 21.5 Å². The standard InChI is InChI=1S/C12H18N4S2/c1-4-8(5-2)10-14-7-9(17-10)11-15-16-12(18-11)13-6-3/h7-8H,4-6H2,1-3H3,(H,13,16). The molecule has 2 aromatic heterocycles. The number of thiazole rings is 1. The van der Waals surface area contributed by atoms with Crippen LogP contribution in [0.25, 0.3) is 9.88 Å². The van der Waals surface area contributed by atoms with Crippen LogP contribution >= 0.6 is 22.7 Å². The minimum absolute atomic E-state index is 0.574. The van der Waals surface area contributed by atoms with Gasteiger partial charge in [-0.1, -0.05) is 25.2 Å². The Morgan fingerprint density at radius 2 is 1.94 bits per heavy atom. The van der Waals surface area contributed by atoms with Gasteiger partial charge in [0.25, 0.3) is 0 Å². The largest absolute Gasteiger partial charge is 0.360 e. The summed E-state index contributed by atoms with van der Waals surface area (Å²) in [6.45, 7) is 7.35. The van der Waals surface area contributed by atoms with Crippen molar-refractivity contribution < 1.29 is 0 Å². The van der Waals surface area contributed by atoms with Gasteiger partial charge in [0.05, 0.1) is 9.88 Å². The highest BCUT2D eigenvalue weighted by Gasteiger charge is 2.14. The average molecular weight is 282 g/mol. The Hall–Kier alpha value is -1.01. The fourth-order valence-corrected chi connectivity index (χ4v) is 3.79. The van der Waals surface area contributed by atoms with Crippen LogP contribution in [0.2, 0.25) is 0 Å². The van der Waals surface area contributed by atoms with Crippen LogP contribution in [0.3, 0.4) is 0 Å². The Bertz CT molecular complexity index is 488. The topological polar surface area (TPSA) is 50.7 Å². The minimum Gasteiger partial charge on any atom is -0.360 e. The lowest BCUT2D eigenvalue weighted by atomic mass is 10.1. The first kappa shape index (κ1) is 13.4. The maximum absolute atomic E-state index is 4.53. The number of nitrogens with zero attached hydrogens (tertiary/aromatic N) is 3. The van der Waals surface area contributed by atoms with Crippen molar-refractivity contribution >= 4 is 27.8 Å². The van der Waals surface area contributed by atoms with Gasteiger partial charge in [0, 0.05) is 18.7 Å². The molecule has 0 radical (unpaired) electrons. The van der Waals surface area contributed by atoms with Crippen molar-refractivity contribution in [3.63, 3.8) is 0 Å². The third-order valence-electron chi connectivity index (χ3n) is 2.82. The van der Waals surface area contributed by atoms with E-state index in [9.17, 15) is 0 Å². The summed E-state index contributed by atoms with van der Waals surface area (Å²) < 4.78 is 0. The molecule has 4 nitrogen and oxygen atoms in total. The zero-order valence-electron chi connectivity index (χ0n) is 10.9. The molecule has 2 rings (SSSR count). The van der Waals surface area contributed by atoms with Crippen LogP contribution in [0, 0.1) is 0 Å². The molecule has 0 bridgehead atoms. The van der Waals surface area contributed by atoms with Crippen LogP contribution in [0.1, 0.15) is 44.5 Å². The molecule has 0 aliphatic heterocycles. The summed E-state index contributed by atoms with van der Waals surface area (Å²) in [7, 11) is 0. The lowest BCUT2D eigenvalue weighted by Gasteiger charge is -2.06. The number of anilines is 1. The molecule has 0 unspecified atom stereocenters. The van der Waals surface area contributed by atoms with Crippen LogP contribution < -0.4 is 5.32 Å². The fourth-order valence-electron chi connectivity index (χ4n) is 1.76. The Labute approximate surface area is 116 Å². The Morgan fingerprint density at radius 3 is 2.61 bits per heavy atom. The highest BCUT2D eigenvalue weighted by atomic mass is 32.1. The summed E-state index contributed by atoms with van der Waals surface area (Å²) in [5, 5.41) is 14.6. The number of hydrogen-bond donors (Lipinski definition) is 1. The predicted molar refractivity (Wildman–Crippen MR) is 78.5 cm³/mol. The van der Waals surface area contributed by atoms with Crippen LogP contribution in [0.5, 0.6) is 0 Å². The maximum atomic E-state index is 4.53. The van der Waals surface area contributed by atoms with E-state index in [1.54, 1.807) is 22.7 Å². The lowest BCUT2D eigenvalue weighted by Crippen LogP contribution is -1.94. The predicted octanol–water partition coefficient (Wildman–Crippen LogP) is 4.00. The van der Waals surface area contributed by atoms with Gasteiger partial charge in [-0.05, 0) is 19.8 Å². The molecular formula is C12H18N4S2. The van der Waals surface area contributed by atoms with E-state index in [2.05, 4.69) is 41.3 Å². The summed E-state index contributed by atoms with van der Waals surface area (Å²) >= 11 is 3.33. The van der Waals surface area contributed by atoms with Crippen molar-refractivity contribution in [1.82, 2.24) is 15.2 Å². The zero-order chi connectivity index (χ0) is 13.0. The second-order valence-electron chi connectivity index (χ2n) is 4.02. The highest BCUT2D eigenvalue weighted by Crippen LogP contribution is 2.34. The average Bonchev–Trinajstić information content (AvgIpc) is 3.00. The van der Waals surface area contributed by atoms with Crippen LogP contribution in [-0.2, 0) is 0 Å². The van der Waals surface area contributed by atoms with Crippen molar-refractivity contribution in [2.24, 2.45) is 0 Å². The highest BCUT2D eigenvalue weighted by molar-refractivity contribution is 7.23. The Kier molecular flexibility index (Phi) is 4.66. The van der Waals surface area contributed by atoms with E-state index in [4.69, 9.17) is 0 Å². The van der Waals surface area contributed by atoms with E-state index in [1.165, 1.54) is 5.01 Å². The van der Waals surface area contributed by atoms with Gasteiger partial charge in [0.2, 0.25) is 5.13 Å². The first-order valence-corrected chi connectivity index (χ1v) is 7.95. The molecule has 0 saturated carbocycles. The smallest absolute Gasteiger partial charge is 0.206 e. The molecule has 0 aromatic carbocycles. The van der Waals surface area contributed by atoms with Gasteiger partial charge in [-0.3, -0.25) is 0 Å². The number of hydrogen-bond acceptors (Lipinski definition) is 6. The molecule has 98 valence electrons. The van der Waals surface area contributed by atoms with Crippen LogP contribution in [0.4, 0.5) is 5.13 Å². The Morgan fingerprint density at radius 1 is 1.17 bits per heavy atom. The zero-order valence-corrected chi connectivity index (χ0v) is 12.6. The van der Waals surface area contributed by atoms with Gasteiger partial charge < -0.3 is 5.32 Å². The monoisotopic (exact) mass is 282 g/mol. The van der Waals surface area contributed by atoms with Crippen molar-refractivity contribution in [1.29, 1.82) is 0 Å². The van der Waals surface area contributed by atoms with Gasteiger partial charge in [-0.2, -0.15) is 0 Å². The van der Waals surface area contributed by atoms with Crippen LogP contribution in [-0.4, -0.2) is 21.7 Å². The summed E-state index contributed by atoms with van der Waals surface area (Å²) in [5.74, 6) is 0.574. The first-order valence-electron chi connectivity index (χ1n) is 6.31. The number of rotatable bonds is 6. The summed E-state index contributed by atoms with van der Waals surface area (Å²) in [5.41, 5.74) is 0. The van der Waals surface area contributed by atoms with Gasteiger partial charge in [-0.25, -0.2) is 4.98 Å². The second-order valence-corrected chi connectivity index (χ2v) is 6.06. The van der Waals surface area contributed by atoms with Gasteiger partial charge in [0.1, 0.15) is 0 Å².